The Kier molecular flexibility index (Phi) is 4.63. The molecule has 156 valence electrons. The van der Waals surface area contributed by atoms with Gasteiger partial charge in [0.15, 0.2) is 5.76 Å². The first-order valence-electron chi connectivity index (χ1n) is 9.58. The number of benzene rings is 2. The smallest absolute Gasteiger partial charge is 0.254 e. The van der Waals surface area contributed by atoms with Crippen molar-refractivity contribution >= 4 is 17.5 Å². The van der Waals surface area contributed by atoms with Gasteiger partial charge in [0.1, 0.15) is 11.5 Å². The van der Waals surface area contributed by atoms with Crippen LogP contribution in [0.25, 0.3) is 17.0 Å². The van der Waals surface area contributed by atoms with E-state index in [4.69, 9.17) is 16.1 Å². The van der Waals surface area contributed by atoms with Crippen LogP contribution in [0.5, 0.6) is 11.5 Å². The number of imidazole rings is 1. The molecule has 9 heteroatoms. The van der Waals surface area contributed by atoms with E-state index in [1.165, 1.54) is 6.07 Å². The topological polar surface area (TPSA) is 105 Å². The molecule has 0 unspecified atom stereocenters. The van der Waals surface area contributed by atoms with E-state index in [9.17, 15) is 15.0 Å². The van der Waals surface area contributed by atoms with E-state index in [0.29, 0.717) is 35.4 Å². The lowest BCUT2D eigenvalue weighted by atomic mass is 10.00. The van der Waals surface area contributed by atoms with Crippen LogP contribution in [-0.2, 0) is 13.0 Å². The van der Waals surface area contributed by atoms with E-state index in [0.717, 1.165) is 17.4 Å². The number of hydrogen-bond acceptors (Lipinski definition) is 6. The van der Waals surface area contributed by atoms with Gasteiger partial charge in [0.05, 0.1) is 29.2 Å². The van der Waals surface area contributed by atoms with Crippen LogP contribution in [0, 0.1) is 0 Å². The largest absolute Gasteiger partial charge is 0.507 e. The maximum absolute atomic E-state index is 13.2. The average molecular weight is 437 g/mol. The highest BCUT2D eigenvalue weighted by atomic mass is 35.5. The summed E-state index contributed by atoms with van der Waals surface area (Å²) in [6, 6.07) is 9.90. The summed E-state index contributed by atoms with van der Waals surface area (Å²) in [5.41, 5.74) is 3.16. The number of fused-ring (bicyclic) bond motifs is 1. The highest BCUT2D eigenvalue weighted by Gasteiger charge is 2.29. The molecule has 2 aromatic carbocycles. The van der Waals surface area contributed by atoms with Crippen molar-refractivity contribution in [1.82, 2.24) is 19.6 Å². The van der Waals surface area contributed by atoms with Gasteiger partial charge in [-0.25, -0.2) is 4.98 Å². The van der Waals surface area contributed by atoms with Crippen molar-refractivity contribution in [3.8, 4) is 28.5 Å². The number of nitrogens with zero attached hydrogens (tertiary/aromatic N) is 4. The fourth-order valence-corrected chi connectivity index (χ4v) is 3.89. The first kappa shape index (κ1) is 19.2. The number of phenols is 2. The van der Waals surface area contributed by atoms with E-state index in [1.54, 1.807) is 23.5 Å². The monoisotopic (exact) mass is 436 g/mol. The van der Waals surface area contributed by atoms with Crippen LogP contribution in [0.4, 0.5) is 0 Å². The fraction of sp³-hybridized carbons (Fsp3) is 0.136. The quantitative estimate of drug-likeness (QED) is 0.506. The number of amides is 1. The Morgan fingerprint density at radius 2 is 2.03 bits per heavy atom. The summed E-state index contributed by atoms with van der Waals surface area (Å²) in [7, 11) is 0. The third-order valence-electron chi connectivity index (χ3n) is 5.33. The van der Waals surface area contributed by atoms with Crippen LogP contribution in [0.2, 0.25) is 5.02 Å². The molecule has 31 heavy (non-hydrogen) atoms. The molecule has 0 bridgehead atoms. The second-order valence-electron chi connectivity index (χ2n) is 7.25. The van der Waals surface area contributed by atoms with Gasteiger partial charge in [0, 0.05) is 48.2 Å². The molecule has 0 saturated heterocycles. The molecule has 8 nitrogen and oxygen atoms in total. The number of hydrogen-bond donors (Lipinski definition) is 2. The summed E-state index contributed by atoms with van der Waals surface area (Å²) < 4.78 is 7.32. The lowest BCUT2D eigenvalue weighted by Gasteiger charge is -2.26. The second-order valence-corrected chi connectivity index (χ2v) is 7.66. The van der Waals surface area contributed by atoms with Crippen molar-refractivity contribution in [3.05, 3.63) is 77.0 Å². The molecule has 5 rings (SSSR count). The van der Waals surface area contributed by atoms with Gasteiger partial charge in [0.2, 0.25) is 0 Å². The third-order valence-corrected chi connectivity index (χ3v) is 5.63. The molecule has 0 saturated carbocycles. The standard InChI is InChI=1S/C22H17ClN4O4/c23-17-9-15(19(28)10-20(17)29)21-16-11-26(6-4-18(16)25-31-21)22(30)13-2-1-3-14(8-13)27-7-5-24-12-27/h1-3,5,7-10,12,28-29H,4,6,11H2. The number of carbonyl (C=O) groups excluding carboxylic acids is 1. The molecule has 0 aliphatic carbocycles. The lowest BCUT2D eigenvalue weighted by Crippen LogP contribution is -2.36. The molecule has 2 N–H and O–H groups in total. The fourth-order valence-electron chi connectivity index (χ4n) is 3.72. The van der Waals surface area contributed by atoms with Gasteiger partial charge in [0.25, 0.3) is 5.91 Å². The molecular formula is C22H17ClN4O4. The van der Waals surface area contributed by atoms with E-state index in [-0.39, 0.29) is 29.0 Å². The molecule has 1 aliphatic heterocycles. The molecule has 3 heterocycles. The minimum Gasteiger partial charge on any atom is -0.507 e. The predicted octanol–water partition coefficient (Wildman–Crippen LogP) is 3.79. The van der Waals surface area contributed by atoms with E-state index in [2.05, 4.69) is 10.1 Å². The Balaban J connectivity index is 1.45. The second kappa shape index (κ2) is 7.48. The average Bonchev–Trinajstić information content (AvgIpc) is 3.46. The first-order valence-corrected chi connectivity index (χ1v) is 9.96. The summed E-state index contributed by atoms with van der Waals surface area (Å²) >= 11 is 6.01. The molecule has 4 aromatic rings. The molecule has 0 radical (unpaired) electrons. The van der Waals surface area contributed by atoms with Crippen molar-refractivity contribution in [2.45, 2.75) is 13.0 Å². The van der Waals surface area contributed by atoms with Crippen molar-refractivity contribution in [3.63, 3.8) is 0 Å². The Morgan fingerprint density at radius 3 is 2.84 bits per heavy atom. The Morgan fingerprint density at radius 1 is 1.16 bits per heavy atom. The Hall–Kier alpha value is -3.78. The van der Waals surface area contributed by atoms with Crippen LogP contribution in [0.15, 0.2) is 59.6 Å². The highest BCUT2D eigenvalue weighted by Crippen LogP contribution is 2.40. The van der Waals surface area contributed by atoms with Crippen molar-refractivity contribution in [2.75, 3.05) is 6.54 Å². The Bertz CT molecular complexity index is 1280. The number of rotatable bonds is 3. The number of halogens is 1. The van der Waals surface area contributed by atoms with Crippen LogP contribution in [0.1, 0.15) is 21.6 Å². The van der Waals surface area contributed by atoms with Gasteiger partial charge < -0.3 is 24.2 Å². The summed E-state index contributed by atoms with van der Waals surface area (Å²) in [6.45, 7) is 0.773. The maximum Gasteiger partial charge on any atom is 0.254 e. The molecule has 2 aromatic heterocycles. The summed E-state index contributed by atoms with van der Waals surface area (Å²) in [5.74, 6) is -0.199. The van der Waals surface area contributed by atoms with Gasteiger partial charge in [-0.05, 0) is 24.3 Å². The number of aromatic nitrogens is 3. The zero-order valence-corrected chi connectivity index (χ0v) is 17.0. The SMILES string of the molecule is O=C(c1cccc(-n2ccnc2)c1)N1CCc2noc(-c3cc(Cl)c(O)cc3O)c2C1. The minimum atomic E-state index is -0.231. The third kappa shape index (κ3) is 3.40. The normalized spacial score (nSPS) is 13.3. The van der Waals surface area contributed by atoms with Gasteiger partial charge >= 0.3 is 0 Å². The minimum absolute atomic E-state index is 0.0815. The number of aromatic hydroxyl groups is 2. The van der Waals surface area contributed by atoms with Crippen LogP contribution < -0.4 is 0 Å². The van der Waals surface area contributed by atoms with Gasteiger partial charge in [-0.15, -0.1) is 0 Å². The van der Waals surface area contributed by atoms with Crippen LogP contribution in [0.3, 0.4) is 0 Å². The maximum atomic E-state index is 13.2. The molecular weight excluding hydrogens is 420 g/mol. The predicted molar refractivity (Wildman–Crippen MR) is 112 cm³/mol. The zero-order chi connectivity index (χ0) is 21.5. The van der Waals surface area contributed by atoms with Gasteiger partial charge in [-0.1, -0.05) is 22.8 Å². The highest BCUT2D eigenvalue weighted by molar-refractivity contribution is 6.32. The van der Waals surface area contributed by atoms with Crippen molar-refractivity contribution in [1.29, 1.82) is 0 Å². The van der Waals surface area contributed by atoms with Gasteiger partial charge in [-0.3, -0.25) is 4.79 Å². The van der Waals surface area contributed by atoms with E-state index >= 15 is 0 Å². The summed E-state index contributed by atoms with van der Waals surface area (Å²) in [6.07, 6.45) is 5.70. The van der Waals surface area contributed by atoms with E-state index in [1.807, 2.05) is 29.0 Å². The molecule has 0 fully saturated rings. The first-order chi connectivity index (χ1) is 15.0. The van der Waals surface area contributed by atoms with Crippen LogP contribution >= 0.6 is 11.6 Å². The zero-order valence-electron chi connectivity index (χ0n) is 16.2. The lowest BCUT2D eigenvalue weighted by molar-refractivity contribution is 0.0734. The van der Waals surface area contributed by atoms with Gasteiger partial charge in [-0.2, -0.15) is 0 Å². The Labute approximate surface area is 181 Å². The number of phenolic OH excluding ortho intramolecular Hbond substituents is 2. The molecule has 1 amide bonds. The van der Waals surface area contributed by atoms with E-state index < -0.39 is 0 Å². The molecule has 1 aliphatic rings. The van der Waals surface area contributed by atoms with Crippen LogP contribution in [-0.4, -0.2) is 42.3 Å². The summed E-state index contributed by atoms with van der Waals surface area (Å²) in [4.78, 5) is 19.0. The number of carbonyl (C=O) groups is 1. The van der Waals surface area contributed by atoms with Crippen molar-refractivity contribution in [2.24, 2.45) is 0 Å². The molecule has 0 spiro atoms. The molecule has 0 atom stereocenters. The summed E-state index contributed by atoms with van der Waals surface area (Å²) in [5, 5.41) is 24.1. The van der Waals surface area contributed by atoms with Crippen molar-refractivity contribution < 1.29 is 19.5 Å².